The summed E-state index contributed by atoms with van der Waals surface area (Å²) in [5.74, 6) is -1.11. The van der Waals surface area contributed by atoms with Crippen molar-refractivity contribution >= 4 is 41.4 Å². The van der Waals surface area contributed by atoms with Gasteiger partial charge in [0.05, 0.1) is 24.7 Å². The number of hydrogen-bond donors (Lipinski definition) is 11. The van der Waals surface area contributed by atoms with Gasteiger partial charge in [-0.1, -0.05) is 0 Å². The molecule has 2 heterocycles. The molecule has 2 rings (SSSR count). The highest BCUT2D eigenvalue weighted by Gasteiger charge is 2.44. The number of ether oxygens (including phenoxy) is 3. The van der Waals surface area contributed by atoms with Gasteiger partial charge >= 0.3 is 6.09 Å². The minimum atomic E-state index is -1.55. The number of thioether (sulfide) groups is 2. The van der Waals surface area contributed by atoms with Crippen LogP contribution in [0.4, 0.5) is 4.79 Å². The molecule has 2 saturated heterocycles. The molecule has 274 valence electrons. The fraction of sp³-hybridized carbons (Fsp3) is 0.889. The van der Waals surface area contributed by atoms with Crippen LogP contribution in [0.25, 0.3) is 0 Å². The van der Waals surface area contributed by atoms with E-state index >= 15 is 0 Å². The first-order chi connectivity index (χ1) is 22.1. The lowest BCUT2D eigenvalue weighted by Crippen LogP contribution is -2.57. The van der Waals surface area contributed by atoms with Crippen molar-refractivity contribution in [1.82, 2.24) is 20.9 Å². The summed E-state index contributed by atoms with van der Waals surface area (Å²) < 4.78 is 16.0. The van der Waals surface area contributed by atoms with Crippen molar-refractivity contribution in [1.29, 1.82) is 0 Å². The number of nitrogens with zero attached hydrogens (tertiary/aromatic N) is 1. The van der Waals surface area contributed by atoms with Gasteiger partial charge in [-0.2, -0.15) is 0 Å². The van der Waals surface area contributed by atoms with Gasteiger partial charge in [0.15, 0.2) is 0 Å². The Labute approximate surface area is 281 Å². The van der Waals surface area contributed by atoms with Crippen LogP contribution in [0.3, 0.4) is 0 Å². The summed E-state index contributed by atoms with van der Waals surface area (Å²) in [6.45, 7) is 5.59. The van der Waals surface area contributed by atoms with Gasteiger partial charge in [-0.3, -0.25) is 14.5 Å². The van der Waals surface area contributed by atoms with Crippen LogP contribution in [0.15, 0.2) is 0 Å². The highest BCUT2D eigenvalue weighted by Crippen LogP contribution is 2.29. The van der Waals surface area contributed by atoms with Crippen LogP contribution in [0.2, 0.25) is 0 Å². The van der Waals surface area contributed by atoms with Gasteiger partial charge < -0.3 is 71.0 Å². The highest BCUT2D eigenvalue weighted by atomic mass is 32.2. The van der Waals surface area contributed by atoms with Gasteiger partial charge in [-0.25, -0.2) is 4.79 Å². The van der Waals surface area contributed by atoms with E-state index in [-0.39, 0.29) is 31.1 Å². The quantitative estimate of drug-likeness (QED) is 0.0672. The SMILES string of the molecule is CC(C)(C)OC(=O)NCCN(CCNC(=O)CS[C@@H]1OC(CO)[C@H](O)C(O)C1O)CCNC(=O)CS[C@@H]1OC(CO)[C@H](O)C(O)C1O. The smallest absolute Gasteiger partial charge is 0.407 e. The maximum atomic E-state index is 12.5. The number of alkyl carbamates (subject to hydrolysis) is 1. The lowest BCUT2D eigenvalue weighted by molar-refractivity contribution is -0.205. The fourth-order valence-electron chi connectivity index (χ4n) is 4.50. The highest BCUT2D eigenvalue weighted by molar-refractivity contribution is 8.00. The van der Waals surface area contributed by atoms with Crippen LogP contribution >= 0.6 is 23.5 Å². The molecule has 47 heavy (non-hydrogen) atoms. The Morgan fingerprint density at radius 1 is 0.660 bits per heavy atom. The number of rotatable bonds is 17. The second-order valence-electron chi connectivity index (χ2n) is 12.0. The molecule has 2 aliphatic rings. The van der Waals surface area contributed by atoms with Crippen LogP contribution in [0.5, 0.6) is 0 Å². The van der Waals surface area contributed by atoms with Gasteiger partial charge in [0.25, 0.3) is 0 Å². The minimum absolute atomic E-state index is 0.148. The molecular formula is C27H50N4O14S2. The van der Waals surface area contributed by atoms with Crippen LogP contribution in [-0.2, 0) is 23.8 Å². The first kappa shape index (κ1) is 41.6. The third kappa shape index (κ3) is 14.1. The molecule has 2 aliphatic heterocycles. The molecule has 0 spiro atoms. The predicted octanol–water partition coefficient (Wildman–Crippen LogP) is -4.89. The van der Waals surface area contributed by atoms with E-state index in [0.29, 0.717) is 19.6 Å². The van der Waals surface area contributed by atoms with Crippen molar-refractivity contribution < 1.29 is 69.4 Å². The normalized spacial score (nSPS) is 31.3. The molecule has 18 nitrogen and oxygen atoms in total. The van der Waals surface area contributed by atoms with Gasteiger partial charge in [-0.15, -0.1) is 23.5 Å². The summed E-state index contributed by atoms with van der Waals surface area (Å²) in [4.78, 5) is 38.8. The number of aliphatic hydroxyl groups excluding tert-OH is 8. The number of aliphatic hydroxyl groups is 8. The molecule has 3 amide bonds. The van der Waals surface area contributed by atoms with Crippen LogP contribution in [0, 0.1) is 0 Å². The number of amides is 3. The number of nitrogens with one attached hydrogen (secondary N) is 3. The van der Waals surface area contributed by atoms with E-state index in [0.717, 1.165) is 23.5 Å². The first-order valence-electron chi connectivity index (χ1n) is 15.1. The van der Waals surface area contributed by atoms with Gasteiger partial charge in [-0.05, 0) is 20.8 Å². The van der Waals surface area contributed by atoms with Crippen LogP contribution in [0.1, 0.15) is 20.8 Å². The molecule has 11 N–H and O–H groups in total. The molecule has 0 aromatic carbocycles. The molecule has 0 aromatic heterocycles. The van der Waals surface area contributed by atoms with E-state index in [9.17, 15) is 55.2 Å². The van der Waals surface area contributed by atoms with E-state index in [4.69, 9.17) is 14.2 Å². The van der Waals surface area contributed by atoms with Crippen molar-refractivity contribution in [3.8, 4) is 0 Å². The minimum Gasteiger partial charge on any atom is -0.444 e. The number of hydrogen-bond acceptors (Lipinski definition) is 17. The summed E-state index contributed by atoms with van der Waals surface area (Å²) >= 11 is 1.80. The van der Waals surface area contributed by atoms with Crippen LogP contribution in [-0.4, -0.2) is 193 Å². The maximum absolute atomic E-state index is 12.5. The Bertz CT molecular complexity index is 920. The molecule has 0 aliphatic carbocycles. The zero-order chi connectivity index (χ0) is 35.3. The third-order valence-corrected chi connectivity index (χ3v) is 9.35. The third-order valence-electron chi connectivity index (χ3n) is 7.05. The van der Waals surface area contributed by atoms with Crippen molar-refractivity contribution in [2.24, 2.45) is 0 Å². The zero-order valence-corrected chi connectivity index (χ0v) is 28.3. The Morgan fingerprint density at radius 2 is 1.04 bits per heavy atom. The number of carbonyl (C=O) groups is 3. The van der Waals surface area contributed by atoms with Crippen LogP contribution < -0.4 is 16.0 Å². The molecule has 2 fully saturated rings. The zero-order valence-electron chi connectivity index (χ0n) is 26.6. The topological polar surface area (TPSA) is 280 Å². The second kappa shape index (κ2) is 20.2. The van der Waals surface area contributed by atoms with Crippen molar-refractivity contribution in [3.05, 3.63) is 0 Å². The number of carbonyl (C=O) groups excluding carboxylic acids is 3. The molecular weight excluding hydrogens is 668 g/mol. The van der Waals surface area contributed by atoms with Crippen molar-refractivity contribution in [3.63, 3.8) is 0 Å². The summed E-state index contributed by atoms with van der Waals surface area (Å²) in [6.07, 6.45) is -11.8. The Balaban J connectivity index is 1.81. The van der Waals surface area contributed by atoms with E-state index in [1.807, 2.05) is 4.90 Å². The molecule has 0 aromatic rings. The van der Waals surface area contributed by atoms with Gasteiger partial charge in [0.2, 0.25) is 11.8 Å². The van der Waals surface area contributed by atoms with E-state index < -0.39 is 96.4 Å². The molecule has 10 atom stereocenters. The Hall–Kier alpha value is -1.53. The Kier molecular flexibility index (Phi) is 17.9. The maximum Gasteiger partial charge on any atom is 0.407 e. The van der Waals surface area contributed by atoms with Crippen molar-refractivity contribution in [2.45, 2.75) is 86.1 Å². The first-order valence-corrected chi connectivity index (χ1v) is 17.2. The van der Waals surface area contributed by atoms with E-state index in [1.165, 1.54) is 0 Å². The molecule has 20 heteroatoms. The fourth-order valence-corrected chi connectivity index (χ4v) is 6.49. The average molecular weight is 719 g/mol. The second-order valence-corrected chi connectivity index (χ2v) is 14.2. The average Bonchev–Trinajstić information content (AvgIpc) is 3.00. The standard InChI is InChI=1S/C27H50N4O14S2/c1-27(2,3)45-26(42)30-6-9-31(7-4-28-16(34)12-46-24-22(40)20(38)18(36)14(10-32)43-24)8-5-29-17(35)13-47-25-23(41)21(39)19(37)15(11-33)44-25/h14-15,18-25,32-33,36-41H,4-13H2,1-3H3,(H,28,34)(H,29,35)(H,30,42)/t14?,15?,18-,19-,20?,21?,22?,23?,24-,25-/m0/s1. The molecule has 0 bridgehead atoms. The summed E-state index contributed by atoms with van der Waals surface area (Å²) in [7, 11) is 0. The van der Waals surface area contributed by atoms with Crippen molar-refractivity contribution in [2.75, 3.05) is 64.0 Å². The summed E-state index contributed by atoms with van der Waals surface area (Å²) in [5, 5.41) is 86.7. The Morgan fingerprint density at radius 3 is 1.40 bits per heavy atom. The molecule has 0 radical (unpaired) electrons. The lowest BCUT2D eigenvalue weighted by Gasteiger charge is -2.39. The lowest BCUT2D eigenvalue weighted by atomic mass is 10.0. The summed E-state index contributed by atoms with van der Waals surface area (Å²) in [6, 6.07) is 0. The molecule has 6 unspecified atom stereocenters. The van der Waals surface area contributed by atoms with E-state index in [1.54, 1.807) is 20.8 Å². The van der Waals surface area contributed by atoms with Gasteiger partial charge in [0.1, 0.15) is 65.3 Å². The predicted molar refractivity (Wildman–Crippen MR) is 169 cm³/mol. The largest absolute Gasteiger partial charge is 0.444 e. The van der Waals surface area contributed by atoms with Gasteiger partial charge in [0, 0.05) is 39.3 Å². The molecule has 0 saturated carbocycles. The summed E-state index contributed by atoms with van der Waals surface area (Å²) in [5.41, 5.74) is -2.78. The monoisotopic (exact) mass is 718 g/mol. The van der Waals surface area contributed by atoms with E-state index in [2.05, 4.69) is 16.0 Å².